The van der Waals surface area contributed by atoms with E-state index in [0.29, 0.717) is 15.8 Å². The highest BCUT2D eigenvalue weighted by atomic mass is 32.1. The summed E-state index contributed by atoms with van der Waals surface area (Å²) < 4.78 is 0. The zero-order chi connectivity index (χ0) is 25.3. The molecule has 0 saturated carbocycles. The van der Waals surface area contributed by atoms with E-state index >= 15 is 0 Å². The van der Waals surface area contributed by atoms with Crippen molar-refractivity contribution in [1.29, 1.82) is 0 Å². The van der Waals surface area contributed by atoms with E-state index in [1.54, 1.807) is 24.3 Å². The fraction of sp³-hybridized carbons (Fsp3) is 0.320. The van der Waals surface area contributed by atoms with E-state index in [1.807, 2.05) is 43.3 Å². The lowest BCUT2D eigenvalue weighted by molar-refractivity contribution is -0.124. The van der Waals surface area contributed by atoms with Gasteiger partial charge in [-0.2, -0.15) is 0 Å². The number of benzene rings is 2. The second-order valence-corrected chi connectivity index (χ2v) is 10.4. The fourth-order valence-electron chi connectivity index (χ4n) is 3.52. The number of aliphatic hydroxyl groups excluding tert-OH is 2. The normalized spacial score (nSPS) is 13.6. The number of amides is 1. The number of nitrogens with zero attached hydrogens (tertiary/aromatic N) is 4. The van der Waals surface area contributed by atoms with Crippen LogP contribution in [0, 0.1) is 0 Å². The molecule has 4 aromatic rings. The lowest BCUT2D eigenvalue weighted by Gasteiger charge is -2.19. The van der Waals surface area contributed by atoms with Crippen LogP contribution in [-0.2, 0) is 17.6 Å². The number of hydrogen-bond donors (Lipinski definition) is 4. The molecular formula is C25H28N6O3S2. The Kier molecular flexibility index (Phi) is 9.06. The van der Waals surface area contributed by atoms with Gasteiger partial charge in [0.2, 0.25) is 10.3 Å². The van der Waals surface area contributed by atoms with Gasteiger partial charge in [-0.1, -0.05) is 90.3 Å². The quantitative estimate of drug-likeness (QED) is 0.160. The molecule has 11 heteroatoms. The largest absolute Gasteiger partial charge is 0.378 e. The molecule has 1 unspecified atom stereocenters. The van der Waals surface area contributed by atoms with Crippen molar-refractivity contribution in [2.24, 2.45) is 0 Å². The number of nitrogens with one attached hydrogen (secondary N) is 2. The van der Waals surface area contributed by atoms with Crippen molar-refractivity contribution in [1.82, 2.24) is 20.4 Å². The first kappa shape index (κ1) is 25.8. The van der Waals surface area contributed by atoms with Crippen molar-refractivity contribution in [3.63, 3.8) is 0 Å². The van der Waals surface area contributed by atoms with Gasteiger partial charge >= 0.3 is 0 Å². The Morgan fingerprint density at radius 2 is 1.33 bits per heavy atom. The fourth-order valence-corrected chi connectivity index (χ4v) is 5.12. The van der Waals surface area contributed by atoms with Crippen LogP contribution in [0.3, 0.4) is 0 Å². The van der Waals surface area contributed by atoms with Crippen molar-refractivity contribution >= 4 is 38.8 Å². The molecular weight excluding hydrogens is 496 g/mol. The molecule has 0 spiro atoms. The van der Waals surface area contributed by atoms with Gasteiger partial charge in [-0.05, 0) is 24.0 Å². The molecule has 2 heterocycles. The minimum Gasteiger partial charge on any atom is -0.378 e. The SMILES string of the molecule is C[C@H](c1ccccc1)C(O)Nc1nnc(CCCCc2nnc(NC(=O)[C@H](O)c3ccccc3)s2)s1. The highest BCUT2D eigenvalue weighted by molar-refractivity contribution is 7.15. The van der Waals surface area contributed by atoms with Crippen LogP contribution in [0.5, 0.6) is 0 Å². The summed E-state index contributed by atoms with van der Waals surface area (Å²) in [6, 6.07) is 18.6. The van der Waals surface area contributed by atoms with Crippen LogP contribution >= 0.6 is 22.7 Å². The predicted molar refractivity (Wildman–Crippen MR) is 141 cm³/mol. The zero-order valence-corrected chi connectivity index (χ0v) is 21.4. The van der Waals surface area contributed by atoms with Crippen LogP contribution in [0.4, 0.5) is 10.3 Å². The first-order chi connectivity index (χ1) is 17.5. The summed E-state index contributed by atoms with van der Waals surface area (Å²) in [5, 5.41) is 45.6. The maximum absolute atomic E-state index is 12.3. The molecule has 1 amide bonds. The Balaban J connectivity index is 1.18. The number of aryl methyl sites for hydroxylation is 2. The van der Waals surface area contributed by atoms with Crippen LogP contribution in [-0.4, -0.2) is 42.7 Å². The molecule has 4 rings (SSSR count). The minimum absolute atomic E-state index is 0.0817. The predicted octanol–water partition coefficient (Wildman–Crippen LogP) is 4.16. The third-order valence-corrected chi connectivity index (χ3v) is 7.44. The summed E-state index contributed by atoms with van der Waals surface area (Å²) in [4.78, 5) is 12.3. The molecule has 2 aromatic carbocycles. The highest BCUT2D eigenvalue weighted by Gasteiger charge is 2.19. The van der Waals surface area contributed by atoms with Crippen LogP contribution in [0.2, 0.25) is 0 Å². The third-order valence-electron chi connectivity index (χ3n) is 5.63. The van der Waals surface area contributed by atoms with Gasteiger partial charge in [0.15, 0.2) is 6.10 Å². The van der Waals surface area contributed by atoms with Crippen molar-refractivity contribution in [2.45, 2.75) is 50.9 Å². The Morgan fingerprint density at radius 1 is 0.806 bits per heavy atom. The van der Waals surface area contributed by atoms with E-state index in [1.165, 1.54) is 22.7 Å². The Hall–Kier alpha value is -3.25. The number of carbonyl (C=O) groups is 1. The molecule has 188 valence electrons. The van der Waals surface area contributed by atoms with Crippen LogP contribution in [0.15, 0.2) is 60.7 Å². The van der Waals surface area contributed by atoms with Crippen molar-refractivity contribution in [3.8, 4) is 0 Å². The molecule has 0 saturated heterocycles. The van der Waals surface area contributed by atoms with Crippen LogP contribution in [0.25, 0.3) is 0 Å². The molecule has 0 radical (unpaired) electrons. The zero-order valence-electron chi connectivity index (χ0n) is 19.7. The molecule has 4 N–H and O–H groups in total. The molecule has 9 nitrogen and oxygen atoms in total. The van der Waals surface area contributed by atoms with Gasteiger partial charge in [-0.15, -0.1) is 20.4 Å². The summed E-state index contributed by atoms with van der Waals surface area (Å²) in [7, 11) is 0. The van der Waals surface area contributed by atoms with Gasteiger partial charge in [-0.25, -0.2) is 0 Å². The van der Waals surface area contributed by atoms with Crippen molar-refractivity contribution < 1.29 is 15.0 Å². The Labute approximate surface area is 217 Å². The third kappa shape index (κ3) is 7.14. The molecule has 3 atom stereocenters. The lowest BCUT2D eigenvalue weighted by Crippen LogP contribution is -2.25. The van der Waals surface area contributed by atoms with Crippen molar-refractivity contribution in [2.75, 3.05) is 10.6 Å². The van der Waals surface area contributed by atoms with E-state index in [9.17, 15) is 15.0 Å². The second kappa shape index (κ2) is 12.6. The molecule has 0 bridgehead atoms. The first-order valence-electron chi connectivity index (χ1n) is 11.7. The summed E-state index contributed by atoms with van der Waals surface area (Å²) in [6.07, 6.45) is 1.26. The van der Waals surface area contributed by atoms with E-state index < -0.39 is 18.2 Å². The molecule has 0 aliphatic carbocycles. The van der Waals surface area contributed by atoms with Crippen LogP contribution < -0.4 is 10.6 Å². The summed E-state index contributed by atoms with van der Waals surface area (Å²) in [6.45, 7) is 1.96. The minimum atomic E-state index is -1.26. The molecule has 0 fully saturated rings. The van der Waals surface area contributed by atoms with Gasteiger partial charge in [0, 0.05) is 18.8 Å². The van der Waals surface area contributed by atoms with Gasteiger partial charge in [0.1, 0.15) is 16.2 Å². The van der Waals surface area contributed by atoms with E-state index in [0.717, 1.165) is 41.3 Å². The number of hydrogen-bond acceptors (Lipinski definition) is 10. The van der Waals surface area contributed by atoms with Gasteiger partial charge < -0.3 is 15.5 Å². The number of anilines is 2. The molecule has 36 heavy (non-hydrogen) atoms. The average Bonchev–Trinajstić information content (AvgIpc) is 3.55. The summed E-state index contributed by atoms with van der Waals surface area (Å²) in [5.41, 5.74) is 1.57. The van der Waals surface area contributed by atoms with Crippen molar-refractivity contribution in [3.05, 3.63) is 81.8 Å². The summed E-state index contributed by atoms with van der Waals surface area (Å²) in [5.74, 6) is -0.616. The Bertz CT molecular complexity index is 1230. The highest BCUT2D eigenvalue weighted by Crippen LogP contribution is 2.24. The maximum atomic E-state index is 12.3. The molecule has 0 aliphatic heterocycles. The number of carbonyl (C=O) groups excluding carboxylic acids is 1. The smallest absolute Gasteiger partial charge is 0.259 e. The molecule has 2 aromatic heterocycles. The monoisotopic (exact) mass is 524 g/mol. The number of aromatic nitrogens is 4. The Morgan fingerprint density at radius 3 is 1.94 bits per heavy atom. The van der Waals surface area contributed by atoms with Gasteiger partial charge in [0.25, 0.3) is 5.91 Å². The van der Waals surface area contributed by atoms with Gasteiger partial charge in [-0.3, -0.25) is 10.1 Å². The molecule has 0 aliphatic rings. The van der Waals surface area contributed by atoms with E-state index in [2.05, 4.69) is 31.0 Å². The standard InChI is InChI=1S/C25H28N6O3S2/c1-16(17-10-4-2-5-11-17)22(33)26-24-30-28-19(35-24)14-8-9-15-20-29-31-25(36-20)27-23(34)21(32)18-12-6-3-7-13-18/h2-7,10-13,16,21-22,32-33H,8-9,14-15H2,1H3,(H,26,30)(H,27,31,34)/t16-,21-,22?/m1/s1. The topological polar surface area (TPSA) is 133 Å². The first-order valence-corrected chi connectivity index (χ1v) is 13.3. The van der Waals surface area contributed by atoms with E-state index in [4.69, 9.17) is 0 Å². The number of aliphatic hydroxyl groups is 2. The maximum Gasteiger partial charge on any atom is 0.259 e. The second-order valence-electron chi connectivity index (χ2n) is 8.30. The average molecular weight is 525 g/mol. The van der Waals surface area contributed by atoms with Crippen LogP contribution in [0.1, 0.15) is 52.9 Å². The number of unbranched alkanes of at least 4 members (excludes halogenated alkanes) is 1. The summed E-state index contributed by atoms with van der Waals surface area (Å²) >= 11 is 2.75. The number of rotatable bonds is 12. The van der Waals surface area contributed by atoms with E-state index in [-0.39, 0.29) is 5.92 Å². The van der Waals surface area contributed by atoms with Gasteiger partial charge in [0.05, 0.1) is 0 Å². The lowest BCUT2D eigenvalue weighted by atomic mass is 10.00.